The molecule has 0 bridgehead atoms. The van der Waals surface area contributed by atoms with Crippen molar-refractivity contribution in [2.45, 2.75) is 12.0 Å². The molecule has 0 radical (unpaired) electrons. The van der Waals surface area contributed by atoms with Crippen LogP contribution in [0.4, 0.5) is 10.1 Å². The maximum absolute atomic E-state index is 14.2. The molecule has 2 aliphatic heterocycles. The van der Waals surface area contributed by atoms with Crippen LogP contribution in [0.3, 0.4) is 0 Å². The van der Waals surface area contributed by atoms with Crippen LogP contribution >= 0.6 is 0 Å². The number of rotatable bonds is 6. The van der Waals surface area contributed by atoms with Crippen molar-refractivity contribution in [2.75, 3.05) is 51.3 Å². The molecular weight excluding hydrogens is 457 g/mol. The predicted octanol–water partition coefficient (Wildman–Crippen LogP) is 4.10. The number of hydrogen-bond acceptors (Lipinski definition) is 4. The molecule has 0 aliphatic carbocycles. The van der Waals surface area contributed by atoms with Gasteiger partial charge in [0.25, 0.3) is 5.91 Å². The summed E-state index contributed by atoms with van der Waals surface area (Å²) in [6.45, 7) is 3.32. The molecule has 36 heavy (non-hydrogen) atoms. The van der Waals surface area contributed by atoms with Gasteiger partial charge in [-0.3, -0.25) is 9.59 Å². The van der Waals surface area contributed by atoms with Crippen LogP contribution in [0, 0.1) is 5.82 Å². The fourth-order valence-electron chi connectivity index (χ4n) is 5.35. The Bertz CT molecular complexity index is 1210. The van der Waals surface area contributed by atoms with Crippen molar-refractivity contribution < 1.29 is 18.7 Å². The Balaban J connectivity index is 1.50. The first-order valence-electron chi connectivity index (χ1n) is 12.3. The number of ether oxygens (including phenoxy) is 1. The number of fused-ring (bicyclic) bond motifs is 1. The number of hydrogen-bond donors (Lipinski definition) is 0. The summed E-state index contributed by atoms with van der Waals surface area (Å²) in [4.78, 5) is 33.7. The standard InChI is InChI=1S/C29H30FN3O3/c1-36-20-19-33-27(21-11-13-22(30)14-12-21)26(24-9-5-6-10-25(24)28(33)34)29(35)32-17-15-31(16-18-32)23-7-3-2-4-8-23/h2-14,26-27H,15-20H2,1H3/t26-,27-/m0/s1. The highest BCUT2D eigenvalue weighted by Gasteiger charge is 2.45. The van der Waals surface area contributed by atoms with Gasteiger partial charge in [0, 0.05) is 51.1 Å². The molecule has 6 nitrogen and oxygen atoms in total. The maximum Gasteiger partial charge on any atom is 0.254 e. The second kappa shape index (κ2) is 10.5. The van der Waals surface area contributed by atoms with Gasteiger partial charge in [-0.1, -0.05) is 48.5 Å². The van der Waals surface area contributed by atoms with Crippen LogP contribution in [-0.2, 0) is 9.53 Å². The van der Waals surface area contributed by atoms with Gasteiger partial charge in [-0.25, -0.2) is 4.39 Å². The summed E-state index contributed by atoms with van der Waals surface area (Å²) in [6, 6.07) is 23.1. The highest BCUT2D eigenvalue weighted by Crippen LogP contribution is 2.43. The molecule has 0 unspecified atom stereocenters. The topological polar surface area (TPSA) is 53.1 Å². The third kappa shape index (κ3) is 4.58. The molecule has 2 aliphatic rings. The molecule has 1 fully saturated rings. The summed E-state index contributed by atoms with van der Waals surface area (Å²) in [5, 5.41) is 0. The van der Waals surface area contributed by atoms with Crippen molar-refractivity contribution in [2.24, 2.45) is 0 Å². The van der Waals surface area contributed by atoms with Crippen molar-refractivity contribution in [3.63, 3.8) is 0 Å². The Morgan fingerprint density at radius 2 is 1.58 bits per heavy atom. The van der Waals surface area contributed by atoms with Crippen LogP contribution in [0.5, 0.6) is 0 Å². The zero-order chi connectivity index (χ0) is 25.1. The zero-order valence-corrected chi connectivity index (χ0v) is 20.3. The number of nitrogens with zero attached hydrogens (tertiary/aromatic N) is 3. The number of methoxy groups -OCH3 is 1. The zero-order valence-electron chi connectivity index (χ0n) is 20.3. The minimum atomic E-state index is -0.593. The van der Waals surface area contributed by atoms with Crippen molar-refractivity contribution in [3.8, 4) is 0 Å². The molecule has 3 aromatic carbocycles. The molecule has 1 saturated heterocycles. The second-order valence-electron chi connectivity index (χ2n) is 9.20. The Labute approximate surface area is 210 Å². The van der Waals surface area contributed by atoms with Gasteiger partial charge in [0.05, 0.1) is 18.6 Å². The first-order chi connectivity index (χ1) is 17.6. The summed E-state index contributed by atoms with van der Waals surface area (Å²) < 4.78 is 19.1. The number of anilines is 1. The third-order valence-corrected chi connectivity index (χ3v) is 7.17. The Morgan fingerprint density at radius 3 is 2.28 bits per heavy atom. The van der Waals surface area contributed by atoms with Crippen LogP contribution in [0.1, 0.15) is 33.4 Å². The van der Waals surface area contributed by atoms with E-state index in [1.807, 2.05) is 41.3 Å². The lowest BCUT2D eigenvalue weighted by Gasteiger charge is -2.44. The first-order valence-corrected chi connectivity index (χ1v) is 12.3. The van der Waals surface area contributed by atoms with Crippen LogP contribution in [0.25, 0.3) is 0 Å². The fraction of sp³-hybridized carbons (Fsp3) is 0.310. The Hall–Kier alpha value is -3.71. The lowest BCUT2D eigenvalue weighted by atomic mass is 9.78. The van der Waals surface area contributed by atoms with E-state index in [-0.39, 0.29) is 17.6 Å². The van der Waals surface area contributed by atoms with E-state index in [4.69, 9.17) is 4.74 Å². The maximum atomic E-state index is 14.2. The normalized spacial score (nSPS) is 19.8. The quantitative estimate of drug-likeness (QED) is 0.525. The lowest BCUT2D eigenvalue weighted by Crippen LogP contribution is -2.53. The van der Waals surface area contributed by atoms with Gasteiger partial charge in [-0.2, -0.15) is 0 Å². The summed E-state index contributed by atoms with van der Waals surface area (Å²) in [7, 11) is 1.59. The van der Waals surface area contributed by atoms with Gasteiger partial charge < -0.3 is 19.4 Å². The molecule has 2 atom stereocenters. The van der Waals surface area contributed by atoms with Gasteiger partial charge in [-0.05, 0) is 41.5 Å². The summed E-state index contributed by atoms with van der Waals surface area (Å²) in [6.07, 6.45) is 0. The summed E-state index contributed by atoms with van der Waals surface area (Å²) >= 11 is 0. The van der Waals surface area contributed by atoms with Crippen molar-refractivity contribution >= 4 is 17.5 Å². The summed E-state index contributed by atoms with van der Waals surface area (Å²) in [5.74, 6) is -1.11. The van der Waals surface area contributed by atoms with Gasteiger partial charge in [-0.15, -0.1) is 0 Å². The van der Waals surface area contributed by atoms with Crippen molar-refractivity contribution in [1.29, 1.82) is 0 Å². The molecule has 0 saturated carbocycles. The highest BCUT2D eigenvalue weighted by atomic mass is 19.1. The van der Waals surface area contributed by atoms with Gasteiger partial charge in [0.1, 0.15) is 5.82 Å². The molecule has 2 heterocycles. The smallest absolute Gasteiger partial charge is 0.254 e. The molecule has 5 rings (SSSR count). The SMILES string of the molecule is COCCN1C(=O)c2ccccc2[C@H](C(=O)N2CCN(c3ccccc3)CC2)[C@@H]1c1ccc(F)cc1. The highest BCUT2D eigenvalue weighted by molar-refractivity contribution is 6.01. The molecular formula is C29H30FN3O3. The number of carbonyl (C=O) groups excluding carboxylic acids is 2. The number of halogens is 1. The number of para-hydroxylation sites is 1. The molecule has 0 N–H and O–H groups in total. The van der Waals surface area contributed by atoms with Crippen molar-refractivity contribution in [1.82, 2.24) is 9.80 Å². The van der Waals surface area contributed by atoms with Crippen LogP contribution in [0.2, 0.25) is 0 Å². The van der Waals surface area contributed by atoms with Crippen LogP contribution in [0.15, 0.2) is 78.9 Å². The molecule has 0 spiro atoms. The number of amides is 2. The molecule has 2 amide bonds. The minimum absolute atomic E-state index is 0.0144. The lowest BCUT2D eigenvalue weighted by molar-refractivity contribution is -0.135. The first kappa shape index (κ1) is 24.0. The van der Waals surface area contributed by atoms with E-state index in [0.29, 0.717) is 31.8 Å². The molecule has 0 aromatic heterocycles. The van der Waals surface area contributed by atoms with Crippen LogP contribution in [-0.4, -0.2) is 68.1 Å². The molecule has 3 aromatic rings. The van der Waals surface area contributed by atoms with E-state index in [1.54, 1.807) is 30.2 Å². The number of carbonyl (C=O) groups is 2. The van der Waals surface area contributed by atoms with E-state index in [9.17, 15) is 14.0 Å². The largest absolute Gasteiger partial charge is 0.383 e. The van der Waals surface area contributed by atoms with Gasteiger partial charge in [0.15, 0.2) is 0 Å². The van der Waals surface area contributed by atoms with Gasteiger partial charge in [0.2, 0.25) is 5.91 Å². The predicted molar refractivity (Wildman–Crippen MR) is 136 cm³/mol. The monoisotopic (exact) mass is 487 g/mol. The fourth-order valence-corrected chi connectivity index (χ4v) is 5.35. The number of benzene rings is 3. The molecule has 7 heteroatoms. The van der Waals surface area contributed by atoms with E-state index < -0.39 is 12.0 Å². The minimum Gasteiger partial charge on any atom is -0.383 e. The average molecular weight is 488 g/mol. The third-order valence-electron chi connectivity index (χ3n) is 7.17. The molecule has 186 valence electrons. The van der Waals surface area contributed by atoms with E-state index >= 15 is 0 Å². The Kier molecular flexibility index (Phi) is 7.00. The Morgan fingerprint density at radius 1 is 0.917 bits per heavy atom. The average Bonchev–Trinajstić information content (AvgIpc) is 2.93. The van der Waals surface area contributed by atoms with Crippen LogP contribution < -0.4 is 4.90 Å². The summed E-state index contributed by atoms with van der Waals surface area (Å²) in [5.41, 5.74) is 3.14. The van der Waals surface area contributed by atoms with E-state index in [1.165, 1.54) is 12.1 Å². The van der Waals surface area contributed by atoms with E-state index in [0.717, 1.165) is 29.9 Å². The van der Waals surface area contributed by atoms with Crippen molar-refractivity contribution in [3.05, 3.63) is 101 Å². The van der Waals surface area contributed by atoms with E-state index in [2.05, 4.69) is 17.0 Å². The van der Waals surface area contributed by atoms with Gasteiger partial charge >= 0.3 is 0 Å². The number of piperazine rings is 1. The second-order valence-corrected chi connectivity index (χ2v) is 9.20.